The fraction of sp³-hybridized carbons (Fsp3) is 0.500. The SMILES string of the molecule is COc1ccc(C(C)(C)CC(C)(C)n2cc(C(=O)O)nn2)cc1OC. The summed E-state index contributed by atoms with van der Waals surface area (Å²) in [5.41, 5.74) is 0.407. The molecule has 0 aliphatic heterocycles. The van der Waals surface area contributed by atoms with Gasteiger partial charge in [-0.15, -0.1) is 5.10 Å². The quantitative estimate of drug-likeness (QED) is 0.828. The van der Waals surface area contributed by atoms with Crippen molar-refractivity contribution in [2.45, 2.75) is 45.1 Å². The molecule has 0 atom stereocenters. The van der Waals surface area contributed by atoms with Crippen molar-refractivity contribution in [3.05, 3.63) is 35.7 Å². The largest absolute Gasteiger partial charge is 0.493 e. The molecule has 0 amide bonds. The van der Waals surface area contributed by atoms with E-state index in [4.69, 9.17) is 14.6 Å². The second-order valence-electron chi connectivity index (χ2n) is 7.30. The second kappa shape index (κ2) is 6.74. The molecule has 7 heteroatoms. The van der Waals surface area contributed by atoms with Crippen molar-refractivity contribution in [3.63, 3.8) is 0 Å². The second-order valence-corrected chi connectivity index (χ2v) is 7.30. The average molecular weight is 347 g/mol. The summed E-state index contributed by atoms with van der Waals surface area (Å²) in [6, 6.07) is 5.88. The van der Waals surface area contributed by atoms with Crippen LogP contribution < -0.4 is 9.47 Å². The molecule has 2 aromatic rings. The number of carboxylic acid groups (broad SMARTS) is 1. The number of ether oxygens (including phenoxy) is 2. The normalized spacial score (nSPS) is 12.1. The van der Waals surface area contributed by atoms with Gasteiger partial charge in [-0.2, -0.15) is 0 Å². The lowest BCUT2D eigenvalue weighted by Gasteiger charge is -2.35. The minimum absolute atomic E-state index is 0.0583. The van der Waals surface area contributed by atoms with Crippen molar-refractivity contribution in [1.82, 2.24) is 15.0 Å². The first kappa shape index (κ1) is 18.8. The van der Waals surface area contributed by atoms with Gasteiger partial charge in [0.15, 0.2) is 17.2 Å². The summed E-state index contributed by atoms with van der Waals surface area (Å²) in [7, 11) is 3.22. The van der Waals surface area contributed by atoms with Crippen LogP contribution in [0, 0.1) is 0 Å². The van der Waals surface area contributed by atoms with Crippen LogP contribution in [-0.4, -0.2) is 40.3 Å². The lowest BCUT2D eigenvalue weighted by molar-refractivity contribution is 0.0690. The maximum atomic E-state index is 11.0. The Hall–Kier alpha value is -2.57. The molecule has 0 unspecified atom stereocenters. The maximum absolute atomic E-state index is 11.0. The van der Waals surface area contributed by atoms with Crippen molar-refractivity contribution < 1.29 is 19.4 Å². The summed E-state index contributed by atoms with van der Waals surface area (Å²) < 4.78 is 12.3. The van der Waals surface area contributed by atoms with E-state index in [0.29, 0.717) is 11.5 Å². The predicted octanol–water partition coefficient (Wildman–Crippen LogP) is 3.10. The summed E-state index contributed by atoms with van der Waals surface area (Å²) in [6.07, 6.45) is 2.19. The van der Waals surface area contributed by atoms with Crippen LogP contribution in [0.5, 0.6) is 11.5 Å². The van der Waals surface area contributed by atoms with Crippen molar-refractivity contribution in [2.75, 3.05) is 14.2 Å². The Kier molecular flexibility index (Phi) is 5.06. The Labute approximate surface area is 147 Å². The van der Waals surface area contributed by atoms with Crippen LogP contribution in [0.2, 0.25) is 0 Å². The summed E-state index contributed by atoms with van der Waals surface area (Å²) in [5, 5.41) is 16.7. The van der Waals surface area contributed by atoms with Gasteiger partial charge >= 0.3 is 5.97 Å². The number of benzene rings is 1. The van der Waals surface area contributed by atoms with Gasteiger partial charge < -0.3 is 14.6 Å². The zero-order valence-electron chi connectivity index (χ0n) is 15.5. The summed E-state index contributed by atoms with van der Waals surface area (Å²) in [5.74, 6) is 0.282. The van der Waals surface area contributed by atoms with E-state index >= 15 is 0 Å². The van der Waals surface area contributed by atoms with Gasteiger partial charge in [-0.1, -0.05) is 25.1 Å². The van der Waals surface area contributed by atoms with Gasteiger partial charge in [-0.05, 0) is 43.4 Å². The number of aromatic carboxylic acids is 1. The molecule has 25 heavy (non-hydrogen) atoms. The number of nitrogens with zero attached hydrogens (tertiary/aromatic N) is 3. The van der Waals surface area contributed by atoms with Crippen LogP contribution >= 0.6 is 0 Å². The number of aromatic nitrogens is 3. The molecule has 2 rings (SSSR count). The fourth-order valence-electron chi connectivity index (χ4n) is 3.18. The minimum Gasteiger partial charge on any atom is -0.493 e. The molecular weight excluding hydrogens is 322 g/mol. The highest BCUT2D eigenvalue weighted by molar-refractivity contribution is 5.84. The first-order valence-electron chi connectivity index (χ1n) is 7.99. The lowest BCUT2D eigenvalue weighted by atomic mass is 9.75. The Morgan fingerprint density at radius 3 is 2.32 bits per heavy atom. The van der Waals surface area contributed by atoms with Crippen LogP contribution in [0.25, 0.3) is 0 Å². The molecule has 1 aromatic carbocycles. The lowest BCUT2D eigenvalue weighted by Crippen LogP contribution is -2.35. The van der Waals surface area contributed by atoms with E-state index in [9.17, 15) is 4.79 Å². The van der Waals surface area contributed by atoms with E-state index in [2.05, 4.69) is 24.2 Å². The Balaban J connectivity index is 2.31. The van der Waals surface area contributed by atoms with E-state index in [-0.39, 0.29) is 11.1 Å². The van der Waals surface area contributed by atoms with Crippen molar-refractivity contribution in [2.24, 2.45) is 0 Å². The first-order chi connectivity index (χ1) is 11.6. The molecule has 0 spiro atoms. The van der Waals surface area contributed by atoms with Crippen LogP contribution in [-0.2, 0) is 11.0 Å². The highest BCUT2D eigenvalue weighted by Crippen LogP contribution is 2.39. The van der Waals surface area contributed by atoms with Gasteiger partial charge in [0, 0.05) is 0 Å². The Morgan fingerprint density at radius 1 is 1.16 bits per heavy atom. The summed E-state index contributed by atoms with van der Waals surface area (Å²) in [4.78, 5) is 11.0. The Morgan fingerprint density at radius 2 is 1.80 bits per heavy atom. The average Bonchev–Trinajstić information content (AvgIpc) is 3.04. The van der Waals surface area contributed by atoms with Gasteiger partial charge in [0.25, 0.3) is 0 Å². The van der Waals surface area contributed by atoms with E-state index in [1.807, 2.05) is 32.0 Å². The highest BCUT2D eigenvalue weighted by Gasteiger charge is 2.33. The van der Waals surface area contributed by atoms with E-state index in [1.165, 1.54) is 6.20 Å². The van der Waals surface area contributed by atoms with Gasteiger partial charge in [-0.25, -0.2) is 9.48 Å². The van der Waals surface area contributed by atoms with E-state index in [1.54, 1.807) is 18.9 Å². The van der Waals surface area contributed by atoms with E-state index in [0.717, 1.165) is 12.0 Å². The standard InChI is InChI=1S/C18H25N3O4/c1-17(2,12-7-8-14(24-5)15(9-12)25-6)11-18(3,4)21-10-13(16(22)23)19-20-21/h7-10H,11H2,1-6H3,(H,22,23). The summed E-state index contributed by atoms with van der Waals surface area (Å²) >= 11 is 0. The number of hydrogen-bond donors (Lipinski definition) is 1. The molecule has 7 nitrogen and oxygen atoms in total. The molecular formula is C18H25N3O4. The molecule has 1 aromatic heterocycles. The van der Waals surface area contributed by atoms with Crippen molar-refractivity contribution >= 4 is 5.97 Å². The predicted molar refractivity (Wildman–Crippen MR) is 93.5 cm³/mol. The molecule has 0 aliphatic carbocycles. The molecule has 0 fully saturated rings. The minimum atomic E-state index is -1.08. The zero-order chi connectivity index (χ0) is 18.8. The number of methoxy groups -OCH3 is 2. The van der Waals surface area contributed by atoms with Crippen LogP contribution in [0.4, 0.5) is 0 Å². The molecule has 0 aliphatic rings. The molecule has 0 radical (unpaired) electrons. The third-order valence-electron chi connectivity index (χ3n) is 4.37. The van der Waals surface area contributed by atoms with Crippen LogP contribution in [0.3, 0.4) is 0 Å². The number of hydrogen-bond acceptors (Lipinski definition) is 5. The zero-order valence-corrected chi connectivity index (χ0v) is 15.5. The summed E-state index contributed by atoms with van der Waals surface area (Å²) in [6.45, 7) is 8.28. The Bertz CT molecular complexity index is 765. The molecule has 1 heterocycles. The van der Waals surface area contributed by atoms with Gasteiger partial charge in [0.2, 0.25) is 0 Å². The van der Waals surface area contributed by atoms with Crippen LogP contribution in [0.15, 0.2) is 24.4 Å². The van der Waals surface area contributed by atoms with Crippen molar-refractivity contribution in [3.8, 4) is 11.5 Å². The van der Waals surface area contributed by atoms with E-state index < -0.39 is 11.5 Å². The third-order valence-corrected chi connectivity index (χ3v) is 4.37. The number of carboxylic acids is 1. The molecule has 1 N–H and O–H groups in total. The van der Waals surface area contributed by atoms with Crippen molar-refractivity contribution in [1.29, 1.82) is 0 Å². The molecule has 136 valence electrons. The third kappa shape index (κ3) is 3.92. The number of rotatable bonds is 7. The molecule has 0 saturated heterocycles. The smallest absolute Gasteiger partial charge is 0.358 e. The number of carbonyl (C=O) groups is 1. The first-order valence-corrected chi connectivity index (χ1v) is 7.99. The monoisotopic (exact) mass is 347 g/mol. The molecule has 0 saturated carbocycles. The fourth-order valence-corrected chi connectivity index (χ4v) is 3.18. The highest BCUT2D eigenvalue weighted by atomic mass is 16.5. The topological polar surface area (TPSA) is 86.5 Å². The van der Waals surface area contributed by atoms with Gasteiger partial charge in [-0.3, -0.25) is 0 Å². The van der Waals surface area contributed by atoms with Gasteiger partial charge in [0.05, 0.1) is 26.0 Å². The molecule has 0 bridgehead atoms. The van der Waals surface area contributed by atoms with Gasteiger partial charge in [0.1, 0.15) is 0 Å². The maximum Gasteiger partial charge on any atom is 0.358 e. The van der Waals surface area contributed by atoms with Crippen LogP contribution in [0.1, 0.15) is 50.2 Å².